The van der Waals surface area contributed by atoms with Crippen LogP contribution in [0.25, 0.3) is 11.1 Å². The highest BCUT2D eigenvalue weighted by Gasteiger charge is 2.25. The number of carbonyl (C=O) groups excluding carboxylic acids is 1. The molecule has 0 radical (unpaired) electrons. The Hall–Kier alpha value is -0.930. The summed E-state index contributed by atoms with van der Waals surface area (Å²) in [7, 11) is 1.56. The Labute approximate surface area is 212 Å². The number of carboxylic acids is 1. The van der Waals surface area contributed by atoms with E-state index < -0.39 is 5.97 Å². The molecule has 0 spiro atoms. The topological polar surface area (TPSA) is 75.6 Å². The molecule has 0 fully saturated rings. The number of carboxylic acid groups (broad SMARTS) is 1. The standard InChI is InChI=1S/C20H14I3NO4S/c1-9-4-3-5-10(6-9)11-8-29-19(14(11)20(26)27)24-18(25)15-12(21)7-13(22)17(28-2)16(15)23/h3-8H,1-2H3,(H,24,25)(H,26,27). The van der Waals surface area contributed by atoms with Gasteiger partial charge in [0.15, 0.2) is 0 Å². The molecule has 0 saturated heterocycles. The number of hydrogen-bond donors (Lipinski definition) is 2. The number of anilines is 1. The monoisotopic (exact) mass is 745 g/mol. The number of nitrogens with one attached hydrogen (secondary N) is 1. The Morgan fingerprint density at radius 3 is 2.45 bits per heavy atom. The van der Waals surface area contributed by atoms with Gasteiger partial charge in [-0.1, -0.05) is 29.8 Å². The molecule has 0 saturated carbocycles. The number of halogens is 3. The number of hydrogen-bond acceptors (Lipinski definition) is 4. The van der Waals surface area contributed by atoms with Crippen LogP contribution in [0.5, 0.6) is 5.75 Å². The zero-order valence-corrected chi connectivity index (χ0v) is 22.5. The molecule has 3 aromatic rings. The van der Waals surface area contributed by atoms with E-state index in [4.69, 9.17) is 4.74 Å². The van der Waals surface area contributed by atoms with Crippen molar-refractivity contribution >= 4 is 96.0 Å². The zero-order valence-electron chi connectivity index (χ0n) is 15.2. The van der Waals surface area contributed by atoms with Gasteiger partial charge in [-0.25, -0.2) is 4.79 Å². The van der Waals surface area contributed by atoms with E-state index in [0.717, 1.165) is 18.3 Å². The lowest BCUT2D eigenvalue weighted by Gasteiger charge is -2.13. The van der Waals surface area contributed by atoms with Crippen LogP contribution in [0, 0.1) is 17.6 Å². The van der Waals surface area contributed by atoms with Crippen LogP contribution < -0.4 is 10.1 Å². The highest BCUT2D eigenvalue weighted by Crippen LogP contribution is 2.38. The second-order valence-electron chi connectivity index (χ2n) is 6.04. The normalized spacial score (nSPS) is 10.7. The minimum absolute atomic E-state index is 0.0939. The number of carbonyl (C=O) groups is 2. The van der Waals surface area contributed by atoms with Crippen molar-refractivity contribution in [2.24, 2.45) is 0 Å². The Morgan fingerprint density at radius 2 is 1.83 bits per heavy atom. The fraction of sp³-hybridized carbons (Fsp3) is 0.100. The Morgan fingerprint density at radius 1 is 1.10 bits per heavy atom. The summed E-state index contributed by atoms with van der Waals surface area (Å²) in [4.78, 5) is 25.0. The van der Waals surface area contributed by atoms with E-state index in [9.17, 15) is 14.7 Å². The maximum absolute atomic E-state index is 13.0. The van der Waals surface area contributed by atoms with Crippen LogP contribution in [0.3, 0.4) is 0 Å². The number of aryl methyl sites for hydroxylation is 1. The van der Waals surface area contributed by atoms with E-state index in [1.807, 2.05) is 37.3 Å². The van der Waals surface area contributed by atoms with Crippen LogP contribution in [0.1, 0.15) is 26.3 Å². The molecule has 2 N–H and O–H groups in total. The van der Waals surface area contributed by atoms with Crippen molar-refractivity contribution in [1.82, 2.24) is 0 Å². The Bertz CT molecular complexity index is 1130. The Kier molecular flexibility index (Phi) is 7.43. The molecule has 3 rings (SSSR count). The average molecular weight is 745 g/mol. The zero-order chi connectivity index (χ0) is 21.3. The summed E-state index contributed by atoms with van der Waals surface area (Å²) in [6.07, 6.45) is 0. The summed E-state index contributed by atoms with van der Waals surface area (Å²) in [6.45, 7) is 1.95. The van der Waals surface area contributed by atoms with Crippen LogP contribution in [0.2, 0.25) is 0 Å². The SMILES string of the molecule is COc1c(I)cc(I)c(C(=O)Nc2scc(-c3cccc(C)c3)c2C(=O)O)c1I. The van der Waals surface area contributed by atoms with E-state index in [0.29, 0.717) is 25.4 Å². The van der Waals surface area contributed by atoms with E-state index in [1.54, 1.807) is 12.5 Å². The minimum atomic E-state index is -1.08. The van der Waals surface area contributed by atoms with Gasteiger partial charge < -0.3 is 15.2 Å². The summed E-state index contributed by atoms with van der Waals surface area (Å²) < 4.78 is 7.77. The number of ether oxygens (including phenoxy) is 1. The van der Waals surface area contributed by atoms with E-state index in [1.165, 1.54) is 11.3 Å². The highest BCUT2D eigenvalue weighted by atomic mass is 127. The molecule has 2 aromatic carbocycles. The molecule has 0 atom stereocenters. The van der Waals surface area contributed by atoms with Crippen LogP contribution in [-0.2, 0) is 0 Å². The lowest BCUT2D eigenvalue weighted by atomic mass is 10.0. The van der Waals surface area contributed by atoms with Gasteiger partial charge in [0.2, 0.25) is 0 Å². The quantitative estimate of drug-likeness (QED) is 0.293. The second kappa shape index (κ2) is 9.47. The summed E-state index contributed by atoms with van der Waals surface area (Å²) >= 11 is 7.55. The van der Waals surface area contributed by atoms with Crippen LogP contribution in [-0.4, -0.2) is 24.1 Å². The molecule has 0 bridgehead atoms. The molecule has 150 valence electrons. The van der Waals surface area contributed by atoms with Crippen LogP contribution in [0.15, 0.2) is 35.7 Å². The van der Waals surface area contributed by atoms with Crippen molar-refractivity contribution in [3.05, 3.63) is 63.1 Å². The lowest BCUT2D eigenvalue weighted by molar-refractivity contribution is 0.0699. The first kappa shape index (κ1) is 22.7. The molecule has 9 heteroatoms. The average Bonchev–Trinajstić information content (AvgIpc) is 3.05. The predicted molar refractivity (Wildman–Crippen MR) is 141 cm³/mol. The van der Waals surface area contributed by atoms with Gasteiger partial charge in [0.1, 0.15) is 16.3 Å². The fourth-order valence-corrected chi connectivity index (χ4v) is 8.08. The van der Waals surface area contributed by atoms with Crippen LogP contribution in [0.4, 0.5) is 5.00 Å². The molecule has 1 amide bonds. The van der Waals surface area contributed by atoms with Crippen molar-refractivity contribution in [3.8, 4) is 16.9 Å². The predicted octanol–water partition coefficient (Wildman–Crippen LogP) is 6.50. The van der Waals surface area contributed by atoms with Gasteiger partial charge in [0.25, 0.3) is 5.91 Å². The number of benzene rings is 2. The van der Waals surface area contributed by atoms with Gasteiger partial charge in [0, 0.05) is 14.5 Å². The number of thiophene rings is 1. The van der Waals surface area contributed by atoms with E-state index in [2.05, 4.69) is 73.1 Å². The van der Waals surface area contributed by atoms with Gasteiger partial charge in [-0.05, 0) is 86.3 Å². The summed E-state index contributed by atoms with van der Waals surface area (Å²) in [5, 5.41) is 14.7. The van der Waals surface area contributed by atoms with Gasteiger partial charge >= 0.3 is 5.97 Å². The first-order chi connectivity index (χ1) is 13.7. The van der Waals surface area contributed by atoms with Crippen LogP contribution >= 0.6 is 79.1 Å². The van der Waals surface area contributed by atoms with Gasteiger partial charge in [0.05, 0.1) is 19.8 Å². The van der Waals surface area contributed by atoms with Gasteiger partial charge in [-0.2, -0.15) is 0 Å². The molecule has 5 nitrogen and oxygen atoms in total. The largest absolute Gasteiger partial charge is 0.495 e. The van der Waals surface area contributed by atoms with Crippen molar-refractivity contribution < 1.29 is 19.4 Å². The molecule has 1 aromatic heterocycles. The first-order valence-electron chi connectivity index (χ1n) is 8.19. The van der Waals surface area contributed by atoms with E-state index in [-0.39, 0.29) is 11.5 Å². The third-order valence-electron chi connectivity index (χ3n) is 4.12. The molecular formula is C20H14I3NO4S. The van der Waals surface area contributed by atoms with Crippen molar-refractivity contribution in [2.75, 3.05) is 12.4 Å². The number of amides is 1. The smallest absolute Gasteiger partial charge is 0.339 e. The Balaban J connectivity index is 2.04. The molecule has 29 heavy (non-hydrogen) atoms. The second-order valence-corrected chi connectivity index (χ2v) is 10.3. The summed E-state index contributed by atoms with van der Waals surface area (Å²) in [5.74, 6) is -0.821. The van der Waals surface area contributed by atoms with Crippen molar-refractivity contribution in [1.29, 1.82) is 0 Å². The molecule has 0 aliphatic rings. The van der Waals surface area contributed by atoms with E-state index >= 15 is 0 Å². The van der Waals surface area contributed by atoms with Crippen molar-refractivity contribution in [3.63, 3.8) is 0 Å². The fourth-order valence-electron chi connectivity index (χ4n) is 2.82. The molecular weight excluding hydrogens is 731 g/mol. The molecule has 0 unspecified atom stereocenters. The number of aromatic carboxylic acids is 1. The number of rotatable bonds is 5. The maximum atomic E-state index is 13.0. The molecule has 0 aliphatic carbocycles. The van der Waals surface area contributed by atoms with Gasteiger partial charge in [-0.3, -0.25) is 4.79 Å². The first-order valence-corrected chi connectivity index (χ1v) is 12.3. The minimum Gasteiger partial charge on any atom is -0.495 e. The van der Waals surface area contributed by atoms with Gasteiger partial charge in [-0.15, -0.1) is 11.3 Å². The summed E-state index contributed by atoms with van der Waals surface area (Å²) in [5.41, 5.74) is 2.98. The highest BCUT2D eigenvalue weighted by molar-refractivity contribution is 14.1. The number of methoxy groups -OCH3 is 1. The van der Waals surface area contributed by atoms with Crippen molar-refractivity contribution in [2.45, 2.75) is 6.92 Å². The maximum Gasteiger partial charge on any atom is 0.339 e. The third-order valence-corrected chi connectivity index (χ3v) is 7.70. The summed E-state index contributed by atoms with van der Waals surface area (Å²) in [6, 6.07) is 9.49. The molecule has 0 aliphatic heterocycles. The lowest BCUT2D eigenvalue weighted by Crippen LogP contribution is -2.17. The molecule has 1 heterocycles. The third kappa shape index (κ3) is 4.71.